The zero-order chi connectivity index (χ0) is 14.4. The molecule has 0 aliphatic rings. The highest BCUT2D eigenvalue weighted by Crippen LogP contribution is 2.25. The Morgan fingerprint density at radius 1 is 1.21 bits per heavy atom. The van der Waals surface area contributed by atoms with Crippen molar-refractivity contribution in [2.45, 2.75) is 27.2 Å². The molecule has 0 aliphatic heterocycles. The van der Waals surface area contributed by atoms with E-state index in [4.69, 9.17) is 9.84 Å². The number of carboxylic acids is 1. The number of ether oxygens (including phenoxy) is 1. The van der Waals surface area contributed by atoms with Crippen LogP contribution in [0.2, 0.25) is 0 Å². The minimum atomic E-state index is -1.13. The van der Waals surface area contributed by atoms with Crippen LogP contribution in [0.3, 0.4) is 0 Å². The molecule has 1 aromatic rings. The standard InChI is InChI=1S/C15H18O4/c1-4-9-19-14-7-5-12(10(2)11(14)3)13(16)6-8-15(17)18/h5-8H,4,9H2,1-3H3,(H,17,18)/b8-6+. The van der Waals surface area contributed by atoms with Gasteiger partial charge in [-0.2, -0.15) is 0 Å². The van der Waals surface area contributed by atoms with E-state index in [1.807, 2.05) is 20.8 Å². The Balaban J connectivity index is 3.02. The number of aliphatic carboxylic acids is 1. The summed E-state index contributed by atoms with van der Waals surface area (Å²) < 4.78 is 5.58. The Hall–Kier alpha value is -2.10. The molecular formula is C15H18O4. The molecule has 0 saturated carbocycles. The van der Waals surface area contributed by atoms with Gasteiger partial charge in [-0.05, 0) is 49.6 Å². The van der Waals surface area contributed by atoms with E-state index in [9.17, 15) is 9.59 Å². The highest BCUT2D eigenvalue weighted by molar-refractivity contribution is 6.08. The third kappa shape index (κ3) is 3.95. The summed E-state index contributed by atoms with van der Waals surface area (Å²) in [6.07, 6.45) is 2.83. The molecule has 0 amide bonds. The molecule has 1 aromatic carbocycles. The van der Waals surface area contributed by atoms with Crippen LogP contribution in [0.1, 0.15) is 34.8 Å². The van der Waals surface area contributed by atoms with E-state index in [1.54, 1.807) is 12.1 Å². The lowest BCUT2D eigenvalue weighted by molar-refractivity contribution is -0.131. The Bertz CT molecular complexity index is 515. The van der Waals surface area contributed by atoms with Gasteiger partial charge >= 0.3 is 5.97 Å². The number of benzene rings is 1. The second-order valence-corrected chi connectivity index (χ2v) is 4.25. The van der Waals surface area contributed by atoms with Crippen molar-refractivity contribution in [2.75, 3.05) is 6.61 Å². The number of carbonyl (C=O) groups excluding carboxylic acids is 1. The number of rotatable bonds is 6. The van der Waals surface area contributed by atoms with Crippen LogP contribution < -0.4 is 4.74 Å². The van der Waals surface area contributed by atoms with Crippen molar-refractivity contribution in [3.63, 3.8) is 0 Å². The number of hydrogen-bond acceptors (Lipinski definition) is 3. The molecule has 0 aliphatic carbocycles. The molecule has 4 heteroatoms. The van der Waals surface area contributed by atoms with Gasteiger partial charge in [0.25, 0.3) is 0 Å². The van der Waals surface area contributed by atoms with Crippen LogP contribution in [-0.4, -0.2) is 23.5 Å². The Labute approximate surface area is 112 Å². The van der Waals surface area contributed by atoms with Crippen LogP contribution in [0, 0.1) is 13.8 Å². The lowest BCUT2D eigenvalue weighted by Crippen LogP contribution is -2.04. The summed E-state index contributed by atoms with van der Waals surface area (Å²) in [5.41, 5.74) is 2.22. The van der Waals surface area contributed by atoms with Gasteiger partial charge in [-0.15, -0.1) is 0 Å². The maximum Gasteiger partial charge on any atom is 0.328 e. The number of carboxylic acid groups (broad SMARTS) is 1. The number of ketones is 1. The number of hydrogen-bond donors (Lipinski definition) is 1. The Morgan fingerprint density at radius 3 is 2.47 bits per heavy atom. The Morgan fingerprint density at radius 2 is 1.89 bits per heavy atom. The van der Waals surface area contributed by atoms with Gasteiger partial charge in [-0.3, -0.25) is 4.79 Å². The fraction of sp³-hybridized carbons (Fsp3) is 0.333. The molecule has 0 radical (unpaired) electrons. The summed E-state index contributed by atoms with van der Waals surface area (Å²) >= 11 is 0. The van der Waals surface area contributed by atoms with Gasteiger partial charge in [0.2, 0.25) is 0 Å². The lowest BCUT2D eigenvalue weighted by atomic mass is 9.99. The molecule has 0 spiro atoms. The molecule has 102 valence electrons. The van der Waals surface area contributed by atoms with Gasteiger partial charge in [-0.1, -0.05) is 6.92 Å². The van der Waals surface area contributed by atoms with Crippen LogP contribution >= 0.6 is 0 Å². The molecule has 0 atom stereocenters. The van der Waals surface area contributed by atoms with E-state index in [2.05, 4.69) is 0 Å². The van der Waals surface area contributed by atoms with E-state index in [1.165, 1.54) is 0 Å². The molecular weight excluding hydrogens is 244 g/mol. The Kier molecular flexibility index (Phi) is 5.30. The summed E-state index contributed by atoms with van der Waals surface area (Å²) in [5.74, 6) is -0.686. The zero-order valence-corrected chi connectivity index (χ0v) is 11.4. The van der Waals surface area contributed by atoms with Crippen molar-refractivity contribution in [1.29, 1.82) is 0 Å². The van der Waals surface area contributed by atoms with Crippen LogP contribution in [0.4, 0.5) is 0 Å². The summed E-state index contributed by atoms with van der Waals surface area (Å²) in [6.45, 7) is 6.37. The fourth-order valence-corrected chi connectivity index (χ4v) is 1.67. The van der Waals surface area contributed by atoms with E-state index in [0.29, 0.717) is 12.2 Å². The van der Waals surface area contributed by atoms with Crippen LogP contribution in [-0.2, 0) is 4.79 Å². The third-order valence-electron chi connectivity index (χ3n) is 2.84. The third-order valence-corrected chi connectivity index (χ3v) is 2.84. The normalized spacial score (nSPS) is 10.7. The summed E-state index contributed by atoms with van der Waals surface area (Å²) in [5, 5.41) is 8.52. The maximum absolute atomic E-state index is 11.9. The van der Waals surface area contributed by atoms with E-state index < -0.39 is 5.97 Å². The molecule has 4 nitrogen and oxygen atoms in total. The minimum absolute atomic E-state index is 0.315. The average molecular weight is 262 g/mol. The predicted octanol–water partition coefficient (Wildman–Crippen LogP) is 2.92. The first-order valence-corrected chi connectivity index (χ1v) is 6.15. The maximum atomic E-state index is 11.9. The second kappa shape index (κ2) is 6.73. The lowest BCUT2D eigenvalue weighted by Gasteiger charge is -2.12. The first kappa shape index (κ1) is 15.0. The highest BCUT2D eigenvalue weighted by atomic mass is 16.5. The smallest absolute Gasteiger partial charge is 0.328 e. The summed E-state index contributed by atoms with van der Waals surface area (Å²) in [6, 6.07) is 3.42. The second-order valence-electron chi connectivity index (χ2n) is 4.25. The molecule has 0 fully saturated rings. The van der Waals surface area contributed by atoms with Crippen molar-refractivity contribution in [3.05, 3.63) is 41.0 Å². The van der Waals surface area contributed by atoms with Crippen molar-refractivity contribution >= 4 is 11.8 Å². The molecule has 0 aromatic heterocycles. The van der Waals surface area contributed by atoms with Gasteiger partial charge in [0.05, 0.1) is 6.61 Å². The van der Waals surface area contributed by atoms with E-state index >= 15 is 0 Å². The fourth-order valence-electron chi connectivity index (χ4n) is 1.67. The van der Waals surface area contributed by atoms with E-state index in [-0.39, 0.29) is 5.78 Å². The molecule has 0 unspecified atom stereocenters. The largest absolute Gasteiger partial charge is 0.493 e. The molecule has 0 heterocycles. The molecule has 1 rings (SSSR count). The van der Waals surface area contributed by atoms with Gasteiger partial charge in [-0.25, -0.2) is 4.79 Å². The topological polar surface area (TPSA) is 63.6 Å². The zero-order valence-electron chi connectivity index (χ0n) is 11.4. The van der Waals surface area contributed by atoms with Gasteiger partial charge in [0.15, 0.2) is 5.78 Å². The van der Waals surface area contributed by atoms with Crippen LogP contribution in [0.25, 0.3) is 0 Å². The monoisotopic (exact) mass is 262 g/mol. The molecule has 0 bridgehead atoms. The van der Waals surface area contributed by atoms with Gasteiger partial charge in [0, 0.05) is 11.6 Å². The SMILES string of the molecule is CCCOc1ccc(C(=O)/C=C/C(=O)O)c(C)c1C. The number of allylic oxidation sites excluding steroid dienone is 1. The highest BCUT2D eigenvalue weighted by Gasteiger charge is 2.11. The van der Waals surface area contributed by atoms with Crippen LogP contribution in [0.5, 0.6) is 5.75 Å². The minimum Gasteiger partial charge on any atom is -0.493 e. The van der Waals surface area contributed by atoms with Crippen molar-refractivity contribution in [3.8, 4) is 5.75 Å². The van der Waals surface area contributed by atoms with Crippen LogP contribution in [0.15, 0.2) is 24.3 Å². The molecule has 1 N–H and O–H groups in total. The quantitative estimate of drug-likeness (QED) is 0.632. The first-order chi connectivity index (χ1) is 8.97. The van der Waals surface area contributed by atoms with Crippen molar-refractivity contribution in [1.82, 2.24) is 0 Å². The van der Waals surface area contributed by atoms with Gasteiger partial charge < -0.3 is 9.84 Å². The number of carbonyl (C=O) groups is 2. The molecule has 19 heavy (non-hydrogen) atoms. The average Bonchev–Trinajstić information content (AvgIpc) is 2.37. The van der Waals surface area contributed by atoms with E-state index in [0.717, 1.165) is 35.4 Å². The first-order valence-electron chi connectivity index (χ1n) is 6.15. The van der Waals surface area contributed by atoms with Gasteiger partial charge in [0.1, 0.15) is 5.75 Å². The summed E-state index contributed by atoms with van der Waals surface area (Å²) in [7, 11) is 0. The van der Waals surface area contributed by atoms with Crippen molar-refractivity contribution in [2.24, 2.45) is 0 Å². The predicted molar refractivity (Wildman–Crippen MR) is 72.8 cm³/mol. The van der Waals surface area contributed by atoms with Crippen molar-refractivity contribution < 1.29 is 19.4 Å². The summed E-state index contributed by atoms with van der Waals surface area (Å²) in [4.78, 5) is 22.3. The molecule has 0 saturated heterocycles.